The zero-order valence-corrected chi connectivity index (χ0v) is 7.87. The average Bonchev–Trinajstić information content (AvgIpc) is 2.07. The summed E-state index contributed by atoms with van der Waals surface area (Å²) in [5.74, 6) is 0. The highest BCUT2D eigenvalue weighted by Gasteiger charge is 2.30. The molecule has 14 heavy (non-hydrogen) atoms. The largest absolute Gasteiger partial charge is 0.416 e. The summed E-state index contributed by atoms with van der Waals surface area (Å²) in [6.07, 6.45) is -4.29. The molecule has 78 valence electrons. The molecule has 0 fully saturated rings. The topological polar surface area (TPSA) is 24.1 Å². The van der Waals surface area contributed by atoms with E-state index >= 15 is 0 Å². The molecule has 0 unspecified atom stereocenters. The van der Waals surface area contributed by atoms with Gasteiger partial charge in [-0.05, 0) is 24.6 Å². The average molecular weight is 204 g/mol. The molecule has 1 aromatic rings. The molecule has 0 heterocycles. The fourth-order valence-corrected chi connectivity index (χ4v) is 1.07. The Balaban J connectivity index is 3.06. The van der Waals surface area contributed by atoms with E-state index in [9.17, 15) is 13.2 Å². The second-order valence-corrected chi connectivity index (χ2v) is 2.90. The van der Waals surface area contributed by atoms with Crippen LogP contribution in [0.25, 0.3) is 0 Å². The second-order valence-electron chi connectivity index (χ2n) is 2.90. The zero-order valence-electron chi connectivity index (χ0n) is 7.87. The lowest BCUT2D eigenvalue weighted by Gasteiger charge is -2.12. The maximum absolute atomic E-state index is 12.3. The molecule has 0 aromatic heterocycles. The molecule has 2 N–H and O–H groups in total. The molecule has 0 aliphatic carbocycles. The molecule has 0 aliphatic heterocycles. The van der Waals surface area contributed by atoms with Gasteiger partial charge in [-0.1, -0.05) is 6.07 Å². The van der Waals surface area contributed by atoms with Gasteiger partial charge < -0.3 is 5.43 Å². The first kappa shape index (κ1) is 10.8. The van der Waals surface area contributed by atoms with Gasteiger partial charge in [-0.2, -0.15) is 13.2 Å². The van der Waals surface area contributed by atoms with Crippen molar-refractivity contribution in [3.63, 3.8) is 0 Å². The van der Waals surface area contributed by atoms with Gasteiger partial charge in [-0.25, -0.2) is 5.43 Å². The van der Waals surface area contributed by atoms with Gasteiger partial charge in [0.2, 0.25) is 0 Å². The Morgan fingerprint density at radius 1 is 1.21 bits per heavy atom. The standard InChI is InChI=1S/C9H11F3N2/c1-6-3-4-7(9(10,11)12)5-8(6)14-13-2/h3-5,13-14H,1-2H3. The van der Waals surface area contributed by atoms with Crippen molar-refractivity contribution in [3.05, 3.63) is 29.3 Å². The molecule has 0 radical (unpaired) electrons. The van der Waals surface area contributed by atoms with Crippen molar-refractivity contribution in [2.24, 2.45) is 0 Å². The van der Waals surface area contributed by atoms with E-state index in [4.69, 9.17) is 0 Å². The SMILES string of the molecule is CNNc1cc(C(F)(F)F)ccc1C. The molecule has 0 bridgehead atoms. The Morgan fingerprint density at radius 2 is 1.86 bits per heavy atom. The van der Waals surface area contributed by atoms with Crippen LogP contribution in [-0.2, 0) is 6.18 Å². The molecular weight excluding hydrogens is 193 g/mol. The van der Waals surface area contributed by atoms with Crippen molar-refractivity contribution in [3.8, 4) is 0 Å². The molecule has 0 saturated heterocycles. The molecule has 0 atom stereocenters. The molecule has 0 saturated carbocycles. The summed E-state index contributed by atoms with van der Waals surface area (Å²) < 4.78 is 36.9. The van der Waals surface area contributed by atoms with Gasteiger partial charge in [0.25, 0.3) is 0 Å². The highest BCUT2D eigenvalue weighted by atomic mass is 19.4. The van der Waals surface area contributed by atoms with E-state index in [1.165, 1.54) is 6.07 Å². The Bertz CT molecular complexity index is 320. The van der Waals surface area contributed by atoms with Crippen LogP contribution in [0.2, 0.25) is 0 Å². The van der Waals surface area contributed by atoms with E-state index in [0.717, 1.165) is 17.7 Å². The number of aryl methyl sites for hydroxylation is 1. The van der Waals surface area contributed by atoms with Crippen LogP contribution in [-0.4, -0.2) is 7.05 Å². The Morgan fingerprint density at radius 3 is 2.36 bits per heavy atom. The van der Waals surface area contributed by atoms with Crippen molar-refractivity contribution in [2.75, 3.05) is 12.5 Å². The first-order valence-electron chi connectivity index (χ1n) is 4.05. The maximum Gasteiger partial charge on any atom is 0.416 e. The molecule has 0 aliphatic rings. The second kappa shape index (κ2) is 3.88. The molecule has 1 aromatic carbocycles. The van der Waals surface area contributed by atoms with E-state index in [2.05, 4.69) is 10.9 Å². The van der Waals surface area contributed by atoms with E-state index in [1.807, 2.05) is 0 Å². The van der Waals surface area contributed by atoms with Gasteiger partial charge in [0.15, 0.2) is 0 Å². The molecular formula is C9H11F3N2. The minimum absolute atomic E-state index is 0.433. The summed E-state index contributed by atoms with van der Waals surface area (Å²) in [7, 11) is 1.60. The number of hydrogen-bond donors (Lipinski definition) is 2. The Labute approximate surface area is 80.1 Å². The van der Waals surface area contributed by atoms with Crippen LogP contribution in [0.3, 0.4) is 0 Å². The van der Waals surface area contributed by atoms with E-state index in [-0.39, 0.29) is 0 Å². The third kappa shape index (κ3) is 2.38. The van der Waals surface area contributed by atoms with E-state index < -0.39 is 11.7 Å². The number of benzene rings is 1. The Hall–Kier alpha value is -1.23. The first-order valence-corrected chi connectivity index (χ1v) is 4.05. The monoisotopic (exact) mass is 204 g/mol. The van der Waals surface area contributed by atoms with Crippen molar-refractivity contribution in [2.45, 2.75) is 13.1 Å². The lowest BCUT2D eigenvalue weighted by molar-refractivity contribution is -0.137. The van der Waals surface area contributed by atoms with E-state index in [1.54, 1.807) is 14.0 Å². The third-order valence-corrected chi connectivity index (χ3v) is 1.82. The lowest BCUT2D eigenvalue weighted by Crippen LogP contribution is -2.16. The number of rotatable bonds is 2. The number of nitrogens with one attached hydrogen (secondary N) is 2. The normalized spacial score (nSPS) is 11.5. The van der Waals surface area contributed by atoms with Gasteiger partial charge in [0, 0.05) is 7.05 Å². The van der Waals surface area contributed by atoms with Crippen molar-refractivity contribution >= 4 is 5.69 Å². The number of hydrazine groups is 1. The van der Waals surface area contributed by atoms with Gasteiger partial charge in [0.1, 0.15) is 0 Å². The van der Waals surface area contributed by atoms with Crippen LogP contribution in [0, 0.1) is 6.92 Å². The number of halogens is 3. The summed E-state index contributed by atoms with van der Waals surface area (Å²) in [4.78, 5) is 0. The summed E-state index contributed by atoms with van der Waals surface area (Å²) in [6.45, 7) is 1.74. The first-order chi connectivity index (χ1) is 6.45. The quantitative estimate of drug-likeness (QED) is 0.723. The summed E-state index contributed by atoms with van der Waals surface area (Å²) in [5.41, 5.74) is 5.76. The van der Waals surface area contributed by atoms with Gasteiger partial charge in [-0.15, -0.1) is 0 Å². The van der Waals surface area contributed by atoms with Crippen LogP contribution < -0.4 is 10.9 Å². The van der Waals surface area contributed by atoms with Gasteiger partial charge in [-0.3, -0.25) is 0 Å². The predicted molar refractivity (Wildman–Crippen MR) is 48.9 cm³/mol. The van der Waals surface area contributed by atoms with Crippen LogP contribution >= 0.6 is 0 Å². The third-order valence-electron chi connectivity index (χ3n) is 1.82. The molecule has 1 rings (SSSR count). The minimum Gasteiger partial charge on any atom is -0.321 e. The molecule has 0 spiro atoms. The van der Waals surface area contributed by atoms with Crippen LogP contribution in [0.1, 0.15) is 11.1 Å². The van der Waals surface area contributed by atoms with Crippen LogP contribution in [0.15, 0.2) is 18.2 Å². The van der Waals surface area contributed by atoms with Crippen molar-refractivity contribution in [1.82, 2.24) is 5.43 Å². The smallest absolute Gasteiger partial charge is 0.321 e. The molecule has 0 amide bonds. The Kier molecular flexibility index (Phi) is 3.00. The number of anilines is 1. The number of alkyl halides is 3. The highest BCUT2D eigenvalue weighted by molar-refractivity contribution is 5.52. The van der Waals surface area contributed by atoms with Gasteiger partial charge in [0.05, 0.1) is 11.3 Å². The fraction of sp³-hybridized carbons (Fsp3) is 0.333. The van der Waals surface area contributed by atoms with E-state index in [0.29, 0.717) is 5.69 Å². The highest BCUT2D eigenvalue weighted by Crippen LogP contribution is 2.31. The number of hydrogen-bond acceptors (Lipinski definition) is 2. The summed E-state index contributed by atoms with van der Waals surface area (Å²) in [5, 5.41) is 0. The van der Waals surface area contributed by atoms with Crippen LogP contribution in [0.5, 0.6) is 0 Å². The lowest BCUT2D eigenvalue weighted by atomic mass is 10.1. The van der Waals surface area contributed by atoms with Gasteiger partial charge >= 0.3 is 6.18 Å². The summed E-state index contributed by atoms with van der Waals surface area (Å²) in [6, 6.07) is 3.57. The summed E-state index contributed by atoms with van der Waals surface area (Å²) >= 11 is 0. The van der Waals surface area contributed by atoms with Crippen molar-refractivity contribution in [1.29, 1.82) is 0 Å². The minimum atomic E-state index is -4.29. The molecule has 2 nitrogen and oxygen atoms in total. The molecule has 5 heteroatoms. The van der Waals surface area contributed by atoms with Crippen molar-refractivity contribution < 1.29 is 13.2 Å². The maximum atomic E-state index is 12.3. The zero-order chi connectivity index (χ0) is 10.8. The predicted octanol–water partition coefficient (Wildman–Crippen LogP) is 2.56. The fourth-order valence-electron chi connectivity index (χ4n) is 1.07. The van der Waals surface area contributed by atoms with Crippen LogP contribution in [0.4, 0.5) is 18.9 Å².